The minimum absolute atomic E-state index is 0.189. The largest absolute Gasteiger partial charge is 0.419 e. The van der Waals surface area contributed by atoms with Crippen LogP contribution in [0.25, 0.3) is 16.2 Å². The van der Waals surface area contributed by atoms with Crippen LogP contribution in [0.1, 0.15) is 12.0 Å². The number of sulfonamides is 1. The Balaban J connectivity index is 1.64. The SMILES string of the molecule is CS(=O)(=O)NC1CCN(c2nn3c(-c4cnc(N)c(C(F)(F)F)c4)cnc3s2)C1. The van der Waals surface area contributed by atoms with E-state index in [1.54, 1.807) is 0 Å². The Bertz CT molecular complexity index is 1170. The van der Waals surface area contributed by atoms with Crippen molar-refractivity contribution in [1.29, 1.82) is 0 Å². The van der Waals surface area contributed by atoms with Crippen molar-refractivity contribution in [3.63, 3.8) is 0 Å². The highest BCUT2D eigenvalue weighted by atomic mass is 32.2. The molecule has 29 heavy (non-hydrogen) atoms. The minimum atomic E-state index is -4.62. The summed E-state index contributed by atoms with van der Waals surface area (Å²) in [4.78, 5) is 10.3. The normalized spacial score (nSPS) is 18.1. The molecule has 1 aliphatic heterocycles. The van der Waals surface area contributed by atoms with Crippen LogP contribution in [0.5, 0.6) is 0 Å². The maximum Gasteiger partial charge on any atom is 0.419 e. The molecule has 0 aromatic carbocycles. The zero-order valence-electron chi connectivity index (χ0n) is 15.0. The first kappa shape index (κ1) is 19.8. The molecule has 1 saturated heterocycles. The second-order valence-electron chi connectivity index (χ2n) is 6.70. The Labute approximate surface area is 167 Å². The van der Waals surface area contributed by atoms with Gasteiger partial charge in [-0.05, 0) is 12.5 Å². The molecule has 0 aliphatic carbocycles. The summed E-state index contributed by atoms with van der Waals surface area (Å²) in [7, 11) is -3.31. The van der Waals surface area contributed by atoms with Crippen molar-refractivity contribution in [2.45, 2.75) is 18.6 Å². The average Bonchev–Trinajstić information content (AvgIpc) is 3.27. The van der Waals surface area contributed by atoms with Gasteiger partial charge in [-0.1, -0.05) is 11.3 Å². The van der Waals surface area contributed by atoms with Gasteiger partial charge in [0.15, 0.2) is 0 Å². The van der Waals surface area contributed by atoms with Crippen LogP contribution in [0.3, 0.4) is 0 Å². The number of nitrogens with zero attached hydrogens (tertiary/aromatic N) is 5. The van der Waals surface area contributed by atoms with Gasteiger partial charge in [0.2, 0.25) is 20.1 Å². The number of aromatic nitrogens is 4. The third-order valence-corrected chi connectivity index (χ3v) is 6.18. The molecule has 0 spiro atoms. The van der Waals surface area contributed by atoms with Crippen molar-refractivity contribution < 1.29 is 21.6 Å². The van der Waals surface area contributed by atoms with Gasteiger partial charge in [-0.3, -0.25) is 0 Å². The highest BCUT2D eigenvalue weighted by Crippen LogP contribution is 2.36. The number of imidazole rings is 1. The van der Waals surface area contributed by atoms with Gasteiger partial charge in [-0.15, -0.1) is 5.10 Å². The van der Waals surface area contributed by atoms with Crippen LogP contribution in [0.4, 0.5) is 24.1 Å². The quantitative estimate of drug-likeness (QED) is 0.623. The summed E-state index contributed by atoms with van der Waals surface area (Å²) < 4.78 is 66.2. The highest BCUT2D eigenvalue weighted by Gasteiger charge is 2.34. The van der Waals surface area contributed by atoms with Crippen LogP contribution in [-0.4, -0.2) is 53.4 Å². The van der Waals surface area contributed by atoms with Gasteiger partial charge >= 0.3 is 6.18 Å². The van der Waals surface area contributed by atoms with Crippen molar-refractivity contribution in [2.24, 2.45) is 0 Å². The Morgan fingerprint density at radius 2 is 2.07 bits per heavy atom. The van der Waals surface area contributed by atoms with Crippen molar-refractivity contribution in [2.75, 3.05) is 30.0 Å². The van der Waals surface area contributed by atoms with Gasteiger partial charge in [0, 0.05) is 30.9 Å². The number of alkyl halides is 3. The molecule has 4 heterocycles. The number of hydrogen-bond acceptors (Lipinski definition) is 8. The summed E-state index contributed by atoms with van der Waals surface area (Å²) in [6, 6.07) is 0.698. The molecule has 9 nitrogen and oxygen atoms in total. The molecule has 1 fully saturated rings. The highest BCUT2D eigenvalue weighted by molar-refractivity contribution is 7.88. The lowest BCUT2D eigenvalue weighted by Crippen LogP contribution is -2.36. The molecule has 0 radical (unpaired) electrons. The fourth-order valence-corrected chi connectivity index (χ4v) is 4.89. The fourth-order valence-electron chi connectivity index (χ4n) is 3.18. The number of nitrogen functional groups attached to an aromatic ring is 1. The maximum atomic E-state index is 13.1. The Kier molecular flexibility index (Phi) is 4.66. The number of pyridine rings is 1. The molecular weight excluding hydrogens is 431 g/mol. The Morgan fingerprint density at radius 1 is 1.31 bits per heavy atom. The Morgan fingerprint density at radius 3 is 2.76 bits per heavy atom. The third-order valence-electron chi connectivity index (χ3n) is 4.43. The van der Waals surface area contributed by atoms with E-state index >= 15 is 0 Å². The molecule has 1 unspecified atom stereocenters. The van der Waals surface area contributed by atoms with Gasteiger partial charge in [-0.2, -0.15) is 13.2 Å². The van der Waals surface area contributed by atoms with Gasteiger partial charge in [-0.25, -0.2) is 27.6 Å². The first-order chi connectivity index (χ1) is 13.5. The summed E-state index contributed by atoms with van der Waals surface area (Å²) in [6.07, 6.45) is -0.224. The predicted molar refractivity (Wildman–Crippen MR) is 102 cm³/mol. The molecule has 0 bridgehead atoms. The van der Waals surface area contributed by atoms with E-state index in [0.29, 0.717) is 35.3 Å². The van der Waals surface area contributed by atoms with Crippen LogP contribution >= 0.6 is 11.3 Å². The lowest BCUT2D eigenvalue weighted by molar-refractivity contribution is -0.137. The number of hydrogen-bond donors (Lipinski definition) is 2. The summed E-state index contributed by atoms with van der Waals surface area (Å²) in [6.45, 7) is 1.04. The molecule has 156 valence electrons. The number of fused-ring (bicyclic) bond motifs is 1. The molecule has 1 aliphatic rings. The number of anilines is 2. The van der Waals surface area contributed by atoms with Gasteiger partial charge in [0.05, 0.1) is 23.7 Å². The summed E-state index contributed by atoms with van der Waals surface area (Å²) >= 11 is 1.27. The second kappa shape index (κ2) is 6.81. The first-order valence-corrected chi connectivity index (χ1v) is 11.1. The van der Waals surface area contributed by atoms with E-state index in [-0.39, 0.29) is 11.6 Å². The van der Waals surface area contributed by atoms with Crippen LogP contribution < -0.4 is 15.4 Å². The van der Waals surface area contributed by atoms with Gasteiger partial charge < -0.3 is 10.6 Å². The third kappa shape index (κ3) is 4.00. The molecule has 3 N–H and O–H groups in total. The zero-order chi connectivity index (χ0) is 21.0. The zero-order valence-corrected chi connectivity index (χ0v) is 16.6. The lowest BCUT2D eigenvalue weighted by atomic mass is 10.1. The van der Waals surface area contributed by atoms with E-state index in [9.17, 15) is 21.6 Å². The molecule has 3 aromatic heterocycles. The van der Waals surface area contributed by atoms with Crippen LogP contribution in [-0.2, 0) is 16.2 Å². The first-order valence-electron chi connectivity index (χ1n) is 8.41. The lowest BCUT2D eigenvalue weighted by Gasteiger charge is -2.14. The maximum absolute atomic E-state index is 13.1. The van der Waals surface area contributed by atoms with Crippen LogP contribution in [0.2, 0.25) is 0 Å². The fraction of sp³-hybridized carbons (Fsp3) is 0.400. The van der Waals surface area contributed by atoms with Crippen molar-refractivity contribution in [3.8, 4) is 11.3 Å². The molecule has 0 amide bonds. The van der Waals surface area contributed by atoms with E-state index in [1.165, 1.54) is 28.2 Å². The molecule has 3 aromatic rings. The summed E-state index contributed by atoms with van der Waals surface area (Å²) in [5.74, 6) is -0.595. The van der Waals surface area contributed by atoms with E-state index in [0.717, 1.165) is 12.3 Å². The predicted octanol–water partition coefficient (Wildman–Crippen LogP) is 1.58. The number of halogens is 3. The van der Waals surface area contributed by atoms with Crippen molar-refractivity contribution in [1.82, 2.24) is 24.3 Å². The van der Waals surface area contributed by atoms with E-state index in [1.807, 2.05) is 4.90 Å². The summed E-state index contributed by atoms with van der Waals surface area (Å²) in [5.41, 5.74) is 4.88. The smallest absolute Gasteiger partial charge is 0.383 e. The number of nitrogens with one attached hydrogen (secondary N) is 1. The van der Waals surface area contributed by atoms with E-state index in [2.05, 4.69) is 19.8 Å². The van der Waals surface area contributed by atoms with E-state index < -0.39 is 27.6 Å². The van der Waals surface area contributed by atoms with Gasteiger partial charge in [0.25, 0.3) is 0 Å². The van der Waals surface area contributed by atoms with Crippen molar-refractivity contribution >= 4 is 37.3 Å². The molecule has 0 saturated carbocycles. The molecule has 1 atom stereocenters. The molecule has 4 rings (SSSR count). The Hall–Kier alpha value is -2.45. The topological polar surface area (TPSA) is 119 Å². The van der Waals surface area contributed by atoms with Crippen LogP contribution in [0, 0.1) is 0 Å². The van der Waals surface area contributed by atoms with Crippen molar-refractivity contribution in [3.05, 3.63) is 24.0 Å². The van der Waals surface area contributed by atoms with E-state index in [4.69, 9.17) is 5.73 Å². The number of rotatable bonds is 4. The standard InChI is InChI=1S/C15H16F3N7O2S2/c1-29(26,27)23-9-2-3-24(7-9)14-22-25-11(6-21-13(25)28-14)8-4-10(15(16,17)18)12(19)20-5-8/h4-6,9,23H,2-3,7H2,1H3,(H2,19,20). The number of nitrogens with two attached hydrogens (primary N) is 1. The second-order valence-corrected chi connectivity index (χ2v) is 9.41. The average molecular weight is 447 g/mol. The molecular formula is C15H16F3N7O2S2. The molecule has 14 heteroatoms. The van der Waals surface area contributed by atoms with Gasteiger partial charge in [0.1, 0.15) is 5.82 Å². The van der Waals surface area contributed by atoms with Crippen LogP contribution in [0.15, 0.2) is 18.5 Å². The monoisotopic (exact) mass is 447 g/mol. The minimum Gasteiger partial charge on any atom is -0.383 e. The summed E-state index contributed by atoms with van der Waals surface area (Å²) in [5, 5.41) is 5.06.